The Labute approximate surface area is 54.5 Å². The van der Waals surface area contributed by atoms with Gasteiger partial charge >= 0.3 is 0 Å². The van der Waals surface area contributed by atoms with E-state index in [1.165, 1.54) is 0 Å². The van der Waals surface area contributed by atoms with Crippen LogP contribution in [0, 0.1) is 0 Å². The molecule has 0 radical (unpaired) electrons. The van der Waals surface area contributed by atoms with Gasteiger partial charge in [-0.3, -0.25) is 0 Å². The zero-order valence-corrected chi connectivity index (χ0v) is 5.66. The molecule has 8 heavy (non-hydrogen) atoms. The van der Waals surface area contributed by atoms with Gasteiger partial charge in [0.05, 0.1) is 4.99 Å². The summed E-state index contributed by atoms with van der Waals surface area (Å²) in [7, 11) is 0. The monoisotopic (exact) mass is 130 g/mol. The minimum Gasteiger partial charge on any atom is -0.402 e. The first kappa shape index (κ1) is 7.43. The molecular formula is C5H10N2S. The second kappa shape index (κ2) is 3.43. The average Bonchev–Trinajstić information content (AvgIpc) is 1.65. The molecule has 0 fully saturated rings. The van der Waals surface area contributed by atoms with Crippen molar-refractivity contribution in [3.63, 3.8) is 0 Å². The predicted octanol–water partition coefficient (Wildman–Crippen LogP) is 0.525. The fourth-order valence-corrected chi connectivity index (χ4v) is 0.436. The lowest BCUT2D eigenvalue weighted by molar-refractivity contribution is 1.07. The van der Waals surface area contributed by atoms with Crippen molar-refractivity contribution in [1.29, 1.82) is 0 Å². The van der Waals surface area contributed by atoms with Gasteiger partial charge < -0.3 is 11.5 Å². The molecule has 0 aromatic rings. The van der Waals surface area contributed by atoms with Gasteiger partial charge in [-0.1, -0.05) is 19.1 Å². The molecule has 0 amide bonds. The number of allylic oxidation sites excluding steroid dienone is 1. The van der Waals surface area contributed by atoms with Crippen LogP contribution in [0.2, 0.25) is 0 Å². The highest BCUT2D eigenvalue weighted by Gasteiger charge is 1.83. The highest BCUT2D eigenvalue weighted by molar-refractivity contribution is 7.80. The molecular weight excluding hydrogens is 120 g/mol. The van der Waals surface area contributed by atoms with Gasteiger partial charge in [-0.05, 0) is 12.5 Å². The minimum atomic E-state index is 0.351. The van der Waals surface area contributed by atoms with Gasteiger partial charge in [0.25, 0.3) is 0 Å². The number of hydrogen-bond donors (Lipinski definition) is 2. The topological polar surface area (TPSA) is 52.0 Å². The maximum absolute atomic E-state index is 5.37. The van der Waals surface area contributed by atoms with Crippen LogP contribution < -0.4 is 11.5 Å². The van der Waals surface area contributed by atoms with Crippen LogP contribution in [-0.2, 0) is 0 Å². The van der Waals surface area contributed by atoms with E-state index in [4.69, 9.17) is 11.5 Å². The molecule has 0 heterocycles. The fraction of sp³-hybridized carbons (Fsp3) is 0.400. The quantitative estimate of drug-likeness (QED) is 0.423. The van der Waals surface area contributed by atoms with Crippen LogP contribution in [0.5, 0.6) is 0 Å². The molecule has 0 aromatic carbocycles. The van der Waals surface area contributed by atoms with E-state index in [1.54, 1.807) is 6.08 Å². The van der Waals surface area contributed by atoms with Crippen molar-refractivity contribution in [3.05, 3.63) is 11.8 Å². The fourth-order valence-electron chi connectivity index (χ4n) is 0.285. The standard InChI is InChI=1S/C5H10N2S/c1-2-4(6)3-5(7)8/h3H,2,6H2,1H3,(H2,7,8)/b4-3-. The lowest BCUT2D eigenvalue weighted by Crippen LogP contribution is -2.07. The highest BCUT2D eigenvalue weighted by atomic mass is 32.1. The molecule has 0 aliphatic carbocycles. The van der Waals surface area contributed by atoms with E-state index in [2.05, 4.69) is 12.2 Å². The number of hydrogen-bond acceptors (Lipinski definition) is 2. The lowest BCUT2D eigenvalue weighted by Gasteiger charge is -1.91. The molecule has 2 nitrogen and oxygen atoms in total. The first-order chi connectivity index (χ1) is 3.66. The van der Waals surface area contributed by atoms with Crippen molar-refractivity contribution in [1.82, 2.24) is 0 Å². The van der Waals surface area contributed by atoms with E-state index in [0.717, 1.165) is 12.1 Å². The van der Waals surface area contributed by atoms with Crippen molar-refractivity contribution in [2.45, 2.75) is 13.3 Å². The minimum absolute atomic E-state index is 0.351. The Morgan fingerprint density at radius 1 is 1.62 bits per heavy atom. The first-order valence-corrected chi connectivity index (χ1v) is 2.83. The van der Waals surface area contributed by atoms with Crippen molar-refractivity contribution >= 4 is 17.2 Å². The second-order valence-corrected chi connectivity index (χ2v) is 1.95. The van der Waals surface area contributed by atoms with Gasteiger partial charge in [-0.25, -0.2) is 0 Å². The summed E-state index contributed by atoms with van der Waals surface area (Å²) >= 11 is 4.56. The molecule has 0 aliphatic heterocycles. The van der Waals surface area contributed by atoms with E-state index >= 15 is 0 Å². The largest absolute Gasteiger partial charge is 0.402 e. The van der Waals surface area contributed by atoms with Gasteiger partial charge in [0.15, 0.2) is 0 Å². The number of thiocarbonyl (C=S) groups is 1. The number of rotatable bonds is 2. The van der Waals surface area contributed by atoms with Crippen LogP contribution >= 0.6 is 12.2 Å². The molecule has 3 heteroatoms. The van der Waals surface area contributed by atoms with E-state index < -0.39 is 0 Å². The average molecular weight is 130 g/mol. The molecule has 0 spiro atoms. The molecule has 0 rings (SSSR count). The van der Waals surface area contributed by atoms with Gasteiger partial charge in [0.2, 0.25) is 0 Å². The van der Waals surface area contributed by atoms with E-state index in [-0.39, 0.29) is 0 Å². The Morgan fingerprint density at radius 3 is 2.25 bits per heavy atom. The molecule has 4 N–H and O–H groups in total. The first-order valence-electron chi connectivity index (χ1n) is 2.42. The summed E-state index contributed by atoms with van der Waals surface area (Å²) in [6.45, 7) is 1.95. The summed E-state index contributed by atoms with van der Waals surface area (Å²) in [5.41, 5.74) is 11.2. The summed E-state index contributed by atoms with van der Waals surface area (Å²) in [5.74, 6) is 0. The maximum Gasteiger partial charge on any atom is 0.0979 e. The van der Waals surface area contributed by atoms with E-state index in [0.29, 0.717) is 4.99 Å². The Kier molecular flexibility index (Phi) is 3.19. The van der Waals surface area contributed by atoms with Crippen molar-refractivity contribution in [2.24, 2.45) is 11.5 Å². The predicted molar refractivity (Wildman–Crippen MR) is 39.3 cm³/mol. The molecule has 46 valence electrons. The molecule has 0 aliphatic rings. The Bertz CT molecular complexity index is 118. The molecule has 0 saturated heterocycles. The van der Waals surface area contributed by atoms with E-state index in [1.807, 2.05) is 6.92 Å². The molecule has 0 bridgehead atoms. The molecule has 0 atom stereocenters. The third-order valence-electron chi connectivity index (χ3n) is 0.736. The van der Waals surface area contributed by atoms with E-state index in [9.17, 15) is 0 Å². The Hall–Kier alpha value is -0.570. The smallest absolute Gasteiger partial charge is 0.0979 e. The normalized spacial score (nSPS) is 11.4. The summed E-state index contributed by atoms with van der Waals surface area (Å²) in [6.07, 6.45) is 2.40. The van der Waals surface area contributed by atoms with Crippen LogP contribution in [0.3, 0.4) is 0 Å². The second-order valence-electron chi connectivity index (χ2n) is 1.48. The van der Waals surface area contributed by atoms with Crippen LogP contribution in [0.25, 0.3) is 0 Å². The summed E-state index contributed by atoms with van der Waals surface area (Å²) in [6, 6.07) is 0. The van der Waals surface area contributed by atoms with Gasteiger partial charge in [-0.2, -0.15) is 0 Å². The SMILES string of the molecule is CC/C(N)=C/C(N)=S. The molecule has 0 saturated carbocycles. The summed E-state index contributed by atoms with van der Waals surface area (Å²) in [4.78, 5) is 0.351. The Balaban J connectivity index is 3.75. The van der Waals surface area contributed by atoms with Crippen molar-refractivity contribution in [2.75, 3.05) is 0 Å². The van der Waals surface area contributed by atoms with Crippen LogP contribution in [-0.4, -0.2) is 4.99 Å². The summed E-state index contributed by atoms with van der Waals surface area (Å²) in [5, 5.41) is 0. The highest BCUT2D eigenvalue weighted by Crippen LogP contribution is 1.88. The zero-order valence-electron chi connectivity index (χ0n) is 4.85. The Morgan fingerprint density at radius 2 is 2.12 bits per heavy atom. The lowest BCUT2D eigenvalue weighted by atomic mass is 10.3. The molecule has 0 unspecified atom stereocenters. The van der Waals surface area contributed by atoms with Gasteiger partial charge in [-0.15, -0.1) is 0 Å². The van der Waals surface area contributed by atoms with Gasteiger partial charge in [0, 0.05) is 5.70 Å². The van der Waals surface area contributed by atoms with Crippen LogP contribution in [0.1, 0.15) is 13.3 Å². The third-order valence-corrected chi connectivity index (χ3v) is 0.854. The molecule has 0 aromatic heterocycles. The number of nitrogens with two attached hydrogens (primary N) is 2. The van der Waals surface area contributed by atoms with Crippen LogP contribution in [0.4, 0.5) is 0 Å². The van der Waals surface area contributed by atoms with Crippen molar-refractivity contribution < 1.29 is 0 Å². The third kappa shape index (κ3) is 3.61. The zero-order chi connectivity index (χ0) is 6.57. The maximum atomic E-state index is 5.37. The summed E-state index contributed by atoms with van der Waals surface area (Å²) < 4.78 is 0. The van der Waals surface area contributed by atoms with Crippen molar-refractivity contribution in [3.8, 4) is 0 Å². The van der Waals surface area contributed by atoms with Crippen LogP contribution in [0.15, 0.2) is 11.8 Å². The van der Waals surface area contributed by atoms with Gasteiger partial charge in [0.1, 0.15) is 0 Å².